The van der Waals surface area contributed by atoms with Gasteiger partial charge in [-0.1, -0.05) is 37.8 Å². The molecule has 0 atom stereocenters. The molecule has 0 saturated heterocycles. The zero-order valence-corrected chi connectivity index (χ0v) is 20.6. The standard InChI is InChI=1S/C25H41NO4S/c1-20(27)26-24-14-12-22(13-15-24)16-18-30-17-6-5-7-21-8-10-23(11-9-21)19-31(28,29)25(2,3)4/h12-15,21,23H,5-11,16-19H2,1-4H3,(H,26,27). The quantitative estimate of drug-likeness (QED) is 0.458. The van der Waals surface area contributed by atoms with Gasteiger partial charge in [-0.15, -0.1) is 0 Å². The fourth-order valence-electron chi connectivity index (χ4n) is 4.13. The number of hydrogen-bond acceptors (Lipinski definition) is 4. The first-order chi connectivity index (χ1) is 14.6. The minimum Gasteiger partial charge on any atom is -0.381 e. The van der Waals surface area contributed by atoms with E-state index < -0.39 is 14.6 Å². The predicted octanol–water partition coefficient (Wildman–Crippen LogP) is 5.39. The van der Waals surface area contributed by atoms with Crippen LogP contribution in [0.25, 0.3) is 0 Å². The average Bonchev–Trinajstić information content (AvgIpc) is 2.68. The van der Waals surface area contributed by atoms with Crippen molar-refractivity contribution in [2.75, 3.05) is 24.3 Å². The second-order valence-corrected chi connectivity index (χ2v) is 12.8. The van der Waals surface area contributed by atoms with Crippen LogP contribution in [0.1, 0.15) is 78.2 Å². The summed E-state index contributed by atoms with van der Waals surface area (Å²) in [5.74, 6) is 1.39. The zero-order chi connectivity index (χ0) is 22.9. The van der Waals surface area contributed by atoms with Crippen LogP contribution < -0.4 is 5.32 Å². The van der Waals surface area contributed by atoms with Crippen molar-refractivity contribution in [1.82, 2.24) is 0 Å². The number of hydrogen-bond donors (Lipinski definition) is 1. The van der Waals surface area contributed by atoms with Crippen molar-refractivity contribution in [2.24, 2.45) is 11.8 Å². The number of carbonyl (C=O) groups excluding carboxylic acids is 1. The van der Waals surface area contributed by atoms with Crippen molar-refractivity contribution in [3.8, 4) is 0 Å². The Morgan fingerprint density at radius 2 is 1.61 bits per heavy atom. The van der Waals surface area contributed by atoms with E-state index in [-0.39, 0.29) is 5.91 Å². The molecule has 1 saturated carbocycles. The Kier molecular flexibility index (Phi) is 10.0. The van der Waals surface area contributed by atoms with Crippen LogP contribution in [0, 0.1) is 11.8 Å². The fraction of sp³-hybridized carbons (Fsp3) is 0.720. The maximum absolute atomic E-state index is 12.4. The van der Waals surface area contributed by atoms with Crippen LogP contribution in [-0.2, 0) is 25.8 Å². The van der Waals surface area contributed by atoms with Gasteiger partial charge in [0.05, 0.1) is 17.1 Å². The molecule has 0 aliphatic heterocycles. The minimum absolute atomic E-state index is 0.0578. The molecule has 31 heavy (non-hydrogen) atoms. The number of carbonyl (C=O) groups is 1. The zero-order valence-electron chi connectivity index (χ0n) is 19.8. The lowest BCUT2D eigenvalue weighted by Gasteiger charge is -2.30. The van der Waals surface area contributed by atoms with Crippen molar-refractivity contribution in [1.29, 1.82) is 0 Å². The summed E-state index contributed by atoms with van der Waals surface area (Å²) in [6.45, 7) is 8.43. The van der Waals surface area contributed by atoms with E-state index in [0.29, 0.717) is 18.3 Å². The number of anilines is 1. The van der Waals surface area contributed by atoms with Crippen molar-refractivity contribution < 1.29 is 17.9 Å². The molecule has 1 aliphatic rings. The van der Waals surface area contributed by atoms with Gasteiger partial charge < -0.3 is 10.1 Å². The molecule has 1 amide bonds. The molecule has 5 nitrogen and oxygen atoms in total. The van der Waals surface area contributed by atoms with Crippen molar-refractivity contribution >= 4 is 21.4 Å². The van der Waals surface area contributed by atoms with Gasteiger partial charge in [-0.25, -0.2) is 8.42 Å². The molecule has 1 N–H and O–H groups in total. The van der Waals surface area contributed by atoms with Gasteiger partial charge in [0.15, 0.2) is 9.84 Å². The SMILES string of the molecule is CC(=O)Nc1ccc(CCOCCCCC2CCC(CS(=O)(=O)C(C)(C)C)CC2)cc1. The average molecular weight is 452 g/mol. The summed E-state index contributed by atoms with van der Waals surface area (Å²) >= 11 is 0. The lowest BCUT2D eigenvalue weighted by Crippen LogP contribution is -2.34. The number of ether oxygens (including phenoxy) is 1. The molecule has 1 fully saturated rings. The Hall–Kier alpha value is -1.40. The number of nitrogens with one attached hydrogen (secondary N) is 1. The van der Waals surface area contributed by atoms with Gasteiger partial charge in [0.1, 0.15) is 0 Å². The highest BCUT2D eigenvalue weighted by Gasteiger charge is 2.33. The van der Waals surface area contributed by atoms with E-state index in [9.17, 15) is 13.2 Å². The molecule has 0 unspecified atom stereocenters. The van der Waals surface area contributed by atoms with Crippen LogP contribution in [0.15, 0.2) is 24.3 Å². The molecule has 0 heterocycles. The van der Waals surface area contributed by atoms with E-state index in [0.717, 1.165) is 43.9 Å². The smallest absolute Gasteiger partial charge is 0.221 e. The molecule has 176 valence electrons. The van der Waals surface area contributed by atoms with Crippen LogP contribution in [-0.4, -0.2) is 38.0 Å². The van der Waals surface area contributed by atoms with Gasteiger partial charge in [0.2, 0.25) is 5.91 Å². The van der Waals surface area contributed by atoms with E-state index in [2.05, 4.69) is 5.32 Å². The molecule has 0 radical (unpaired) electrons. The molecule has 0 aromatic heterocycles. The number of amides is 1. The lowest BCUT2D eigenvalue weighted by molar-refractivity contribution is -0.114. The van der Waals surface area contributed by atoms with E-state index in [4.69, 9.17) is 4.74 Å². The van der Waals surface area contributed by atoms with Crippen LogP contribution in [0.3, 0.4) is 0 Å². The third-order valence-corrected chi connectivity index (χ3v) is 9.09. The number of benzene rings is 1. The maximum Gasteiger partial charge on any atom is 0.221 e. The normalized spacial score (nSPS) is 19.9. The fourth-order valence-corrected chi connectivity index (χ4v) is 5.59. The minimum atomic E-state index is -3.01. The molecule has 6 heteroatoms. The molecular weight excluding hydrogens is 410 g/mol. The van der Waals surface area contributed by atoms with Gasteiger partial charge in [-0.2, -0.15) is 0 Å². The van der Waals surface area contributed by atoms with Crippen LogP contribution in [0.4, 0.5) is 5.69 Å². The molecule has 1 aromatic rings. The summed E-state index contributed by atoms with van der Waals surface area (Å²) in [4.78, 5) is 11.0. The predicted molar refractivity (Wildman–Crippen MR) is 128 cm³/mol. The number of sulfone groups is 1. The van der Waals surface area contributed by atoms with Crippen LogP contribution >= 0.6 is 0 Å². The highest BCUT2D eigenvalue weighted by atomic mass is 32.2. The van der Waals surface area contributed by atoms with Crippen molar-refractivity contribution in [2.45, 2.75) is 83.8 Å². The number of unbranched alkanes of at least 4 members (excludes halogenated alkanes) is 1. The van der Waals surface area contributed by atoms with Gasteiger partial charge >= 0.3 is 0 Å². The highest BCUT2D eigenvalue weighted by molar-refractivity contribution is 7.92. The Balaban J connectivity index is 1.52. The molecule has 1 aliphatic carbocycles. The summed E-state index contributed by atoms with van der Waals surface area (Å²) < 4.78 is 30.0. The Morgan fingerprint density at radius 3 is 2.19 bits per heavy atom. The Labute approximate surface area is 189 Å². The Bertz CT molecular complexity index is 773. The molecule has 1 aromatic carbocycles. The second kappa shape index (κ2) is 12.0. The third-order valence-electron chi connectivity index (χ3n) is 6.31. The molecule has 2 rings (SSSR count). The van der Waals surface area contributed by atoms with Gasteiger partial charge in [-0.05, 0) is 76.0 Å². The first-order valence-electron chi connectivity index (χ1n) is 11.7. The van der Waals surface area contributed by atoms with E-state index in [1.807, 2.05) is 24.3 Å². The summed E-state index contributed by atoms with van der Waals surface area (Å²) in [5.41, 5.74) is 2.03. The third kappa shape index (κ3) is 9.32. The van der Waals surface area contributed by atoms with Crippen LogP contribution in [0.2, 0.25) is 0 Å². The topological polar surface area (TPSA) is 72.5 Å². The monoisotopic (exact) mass is 451 g/mol. The maximum atomic E-state index is 12.4. The van der Waals surface area contributed by atoms with Gasteiger partial charge in [0, 0.05) is 19.2 Å². The Morgan fingerprint density at radius 1 is 1.00 bits per heavy atom. The van der Waals surface area contributed by atoms with Crippen molar-refractivity contribution in [3.05, 3.63) is 29.8 Å². The summed E-state index contributed by atoms with van der Waals surface area (Å²) in [6, 6.07) is 7.89. The summed E-state index contributed by atoms with van der Waals surface area (Å²) in [5, 5.41) is 2.77. The van der Waals surface area contributed by atoms with Gasteiger partial charge in [0.25, 0.3) is 0 Å². The van der Waals surface area contributed by atoms with Crippen LogP contribution in [0.5, 0.6) is 0 Å². The first-order valence-corrected chi connectivity index (χ1v) is 13.4. The molecule has 0 bridgehead atoms. The molecule has 0 spiro atoms. The van der Waals surface area contributed by atoms with E-state index >= 15 is 0 Å². The largest absolute Gasteiger partial charge is 0.381 e. The summed E-state index contributed by atoms with van der Waals surface area (Å²) in [7, 11) is -3.01. The first kappa shape index (κ1) is 25.9. The lowest BCUT2D eigenvalue weighted by atomic mass is 9.80. The van der Waals surface area contributed by atoms with Gasteiger partial charge in [-0.3, -0.25) is 4.79 Å². The second-order valence-electron chi connectivity index (χ2n) is 10.0. The number of rotatable bonds is 11. The highest BCUT2D eigenvalue weighted by Crippen LogP contribution is 2.34. The molecular formula is C25H41NO4S. The van der Waals surface area contributed by atoms with E-state index in [1.165, 1.54) is 38.2 Å². The van der Waals surface area contributed by atoms with Crippen molar-refractivity contribution in [3.63, 3.8) is 0 Å². The summed E-state index contributed by atoms with van der Waals surface area (Å²) in [6.07, 6.45) is 8.81. The van der Waals surface area contributed by atoms with E-state index in [1.54, 1.807) is 20.8 Å².